The molecule has 0 amide bonds. The third-order valence-electron chi connectivity index (χ3n) is 7.31. The van der Waals surface area contributed by atoms with Crippen LogP contribution in [0.4, 0.5) is 0 Å². The van der Waals surface area contributed by atoms with Crippen LogP contribution in [-0.2, 0) is 9.59 Å². The number of benzene rings is 2. The molecule has 176 valence electrons. The van der Waals surface area contributed by atoms with E-state index >= 15 is 0 Å². The van der Waals surface area contributed by atoms with E-state index in [1.54, 1.807) is 0 Å². The van der Waals surface area contributed by atoms with Crippen molar-refractivity contribution in [1.82, 2.24) is 0 Å². The quantitative estimate of drug-likeness (QED) is 0.502. The van der Waals surface area contributed by atoms with E-state index < -0.39 is 0 Å². The van der Waals surface area contributed by atoms with Crippen LogP contribution in [0.5, 0.6) is 11.5 Å². The molecule has 1 heterocycles. The van der Waals surface area contributed by atoms with Gasteiger partial charge in [-0.15, -0.1) is 0 Å². The van der Waals surface area contributed by atoms with Crippen LogP contribution in [0.15, 0.2) is 64.8 Å². The normalized spacial score (nSPS) is 25.4. The highest BCUT2D eigenvalue weighted by Crippen LogP contribution is 2.51. The molecule has 0 N–H and O–H groups in total. The Morgan fingerprint density at radius 1 is 0.824 bits per heavy atom. The number of rotatable bonds is 3. The zero-order valence-electron chi connectivity index (χ0n) is 20.8. The Morgan fingerprint density at radius 2 is 1.53 bits per heavy atom. The highest BCUT2D eigenvalue weighted by molar-refractivity contribution is 6.13. The lowest BCUT2D eigenvalue weighted by Gasteiger charge is -2.44. The Bertz CT molecular complexity index is 1230. The third-order valence-corrected chi connectivity index (χ3v) is 7.31. The van der Waals surface area contributed by atoms with Crippen molar-refractivity contribution in [3.63, 3.8) is 0 Å². The van der Waals surface area contributed by atoms with Gasteiger partial charge in [-0.05, 0) is 60.4 Å². The standard InChI is InChI=1S/C30H33NO3/c1-18-9-11-20(12-10-18)34-21-8-6-7-19(13-21)26-27-22(14-29(2,3)16-24(27)32)31-23-15-30(4,5)17-25(33)28(23)26/h6-13,26-27H,14-17H2,1-5H3. The number of nitrogens with zero attached hydrogens (tertiary/aromatic N) is 1. The molecule has 34 heavy (non-hydrogen) atoms. The van der Waals surface area contributed by atoms with Crippen molar-refractivity contribution >= 4 is 17.3 Å². The van der Waals surface area contributed by atoms with Crippen molar-refractivity contribution in [2.45, 2.75) is 66.2 Å². The predicted octanol–water partition coefficient (Wildman–Crippen LogP) is 6.97. The van der Waals surface area contributed by atoms with Crippen molar-refractivity contribution < 1.29 is 14.3 Å². The van der Waals surface area contributed by atoms with Crippen LogP contribution in [0.3, 0.4) is 0 Å². The second-order valence-electron chi connectivity index (χ2n) is 11.8. The van der Waals surface area contributed by atoms with Gasteiger partial charge in [-0.1, -0.05) is 57.5 Å². The van der Waals surface area contributed by atoms with Gasteiger partial charge in [0.15, 0.2) is 5.78 Å². The van der Waals surface area contributed by atoms with Crippen molar-refractivity contribution in [3.05, 3.63) is 70.9 Å². The molecule has 0 radical (unpaired) electrons. The van der Waals surface area contributed by atoms with Crippen LogP contribution in [0.2, 0.25) is 0 Å². The van der Waals surface area contributed by atoms with Crippen LogP contribution in [0.1, 0.15) is 70.4 Å². The van der Waals surface area contributed by atoms with Gasteiger partial charge in [-0.2, -0.15) is 0 Å². The number of aryl methyl sites for hydroxylation is 1. The lowest BCUT2D eigenvalue weighted by atomic mass is 9.60. The minimum Gasteiger partial charge on any atom is -0.457 e. The molecule has 2 aromatic rings. The maximum Gasteiger partial charge on any atom is 0.161 e. The van der Waals surface area contributed by atoms with Crippen LogP contribution < -0.4 is 4.74 Å². The maximum absolute atomic E-state index is 13.5. The van der Waals surface area contributed by atoms with E-state index in [9.17, 15) is 9.59 Å². The number of hydrogen-bond donors (Lipinski definition) is 0. The lowest BCUT2D eigenvalue weighted by Crippen LogP contribution is -2.45. The van der Waals surface area contributed by atoms with Crippen LogP contribution in [0.25, 0.3) is 0 Å². The number of carbonyl (C=O) groups excluding carboxylic acids is 2. The number of Topliss-reactive ketones (excluding diaryl/α,β-unsaturated/α-hetero) is 2. The molecule has 2 aromatic carbocycles. The van der Waals surface area contributed by atoms with Gasteiger partial charge in [0.2, 0.25) is 0 Å². The van der Waals surface area contributed by atoms with Gasteiger partial charge in [-0.3, -0.25) is 14.6 Å². The average molecular weight is 456 g/mol. The summed E-state index contributed by atoms with van der Waals surface area (Å²) in [7, 11) is 0. The van der Waals surface area contributed by atoms with Crippen LogP contribution in [0, 0.1) is 23.7 Å². The zero-order chi connectivity index (χ0) is 24.3. The summed E-state index contributed by atoms with van der Waals surface area (Å²) in [5.41, 5.74) is 4.46. The molecular formula is C30H33NO3. The van der Waals surface area contributed by atoms with Gasteiger partial charge in [-0.25, -0.2) is 0 Å². The Balaban J connectivity index is 1.59. The predicted molar refractivity (Wildman–Crippen MR) is 134 cm³/mol. The molecular weight excluding hydrogens is 422 g/mol. The fraction of sp³-hybridized carbons (Fsp3) is 0.433. The highest BCUT2D eigenvalue weighted by Gasteiger charge is 2.49. The molecule has 4 heteroatoms. The average Bonchev–Trinajstić information content (AvgIpc) is 2.72. The van der Waals surface area contributed by atoms with Crippen LogP contribution in [-0.4, -0.2) is 17.3 Å². The smallest absolute Gasteiger partial charge is 0.161 e. The summed E-state index contributed by atoms with van der Waals surface area (Å²) in [5.74, 6) is 1.12. The van der Waals surface area contributed by atoms with Gasteiger partial charge >= 0.3 is 0 Å². The van der Waals surface area contributed by atoms with Gasteiger partial charge in [0.05, 0.1) is 5.92 Å². The Morgan fingerprint density at radius 3 is 2.26 bits per heavy atom. The van der Waals surface area contributed by atoms with E-state index in [1.807, 2.05) is 55.5 Å². The number of fused-ring (bicyclic) bond motifs is 1. The second kappa shape index (κ2) is 8.04. The summed E-state index contributed by atoms with van der Waals surface area (Å²) in [6, 6.07) is 15.8. The Kier molecular flexibility index (Phi) is 5.38. The van der Waals surface area contributed by atoms with Crippen molar-refractivity contribution in [1.29, 1.82) is 0 Å². The first kappa shape index (κ1) is 22.8. The molecule has 3 aliphatic rings. The van der Waals surface area contributed by atoms with E-state index in [4.69, 9.17) is 9.73 Å². The molecule has 2 atom stereocenters. The number of hydrogen-bond acceptors (Lipinski definition) is 4. The largest absolute Gasteiger partial charge is 0.457 e. The molecule has 0 bridgehead atoms. The number of aliphatic imine (C=N–C) groups is 1. The number of ketones is 2. The molecule has 0 saturated heterocycles. The van der Waals surface area contributed by atoms with E-state index in [-0.39, 0.29) is 34.2 Å². The summed E-state index contributed by atoms with van der Waals surface area (Å²) in [6.07, 6.45) is 2.54. The maximum atomic E-state index is 13.5. The molecule has 5 rings (SSSR count). The summed E-state index contributed by atoms with van der Waals surface area (Å²) in [6.45, 7) is 10.6. The first-order valence-electron chi connectivity index (χ1n) is 12.2. The first-order valence-corrected chi connectivity index (χ1v) is 12.2. The van der Waals surface area contributed by atoms with E-state index in [1.165, 1.54) is 5.56 Å². The van der Waals surface area contributed by atoms with E-state index in [0.29, 0.717) is 18.6 Å². The number of ether oxygens (including phenoxy) is 1. The fourth-order valence-corrected chi connectivity index (χ4v) is 5.89. The van der Waals surface area contributed by atoms with Crippen LogP contribution >= 0.6 is 0 Å². The van der Waals surface area contributed by atoms with Crippen molar-refractivity contribution in [2.75, 3.05) is 0 Å². The molecule has 4 nitrogen and oxygen atoms in total. The van der Waals surface area contributed by atoms with Crippen molar-refractivity contribution in [2.24, 2.45) is 21.7 Å². The molecule has 1 aliphatic heterocycles. The van der Waals surface area contributed by atoms with E-state index in [2.05, 4.69) is 27.7 Å². The van der Waals surface area contributed by atoms with Gasteiger partial charge < -0.3 is 4.74 Å². The van der Waals surface area contributed by atoms with Crippen molar-refractivity contribution in [3.8, 4) is 11.5 Å². The van der Waals surface area contributed by atoms with Gasteiger partial charge in [0.1, 0.15) is 17.3 Å². The molecule has 1 saturated carbocycles. The van der Waals surface area contributed by atoms with Gasteiger partial charge in [0, 0.05) is 35.7 Å². The summed E-state index contributed by atoms with van der Waals surface area (Å²) < 4.78 is 6.14. The molecule has 1 fully saturated rings. The third kappa shape index (κ3) is 4.26. The summed E-state index contributed by atoms with van der Waals surface area (Å²) in [4.78, 5) is 32.0. The number of allylic oxidation sites excluding steroid dienone is 2. The SMILES string of the molecule is Cc1ccc(Oc2cccc(C3C4=C(CC(C)(C)CC4=O)N=C4CC(C)(C)CC(=O)C43)c2)cc1. The number of carbonyl (C=O) groups is 2. The highest BCUT2D eigenvalue weighted by atomic mass is 16.5. The Hall–Kier alpha value is -3.01. The summed E-state index contributed by atoms with van der Waals surface area (Å²) in [5, 5.41) is 0. The molecule has 2 aliphatic carbocycles. The minimum atomic E-state index is -0.369. The summed E-state index contributed by atoms with van der Waals surface area (Å²) >= 11 is 0. The first-order chi connectivity index (χ1) is 16.0. The lowest BCUT2D eigenvalue weighted by molar-refractivity contribution is -0.124. The molecule has 0 aromatic heterocycles. The van der Waals surface area contributed by atoms with Gasteiger partial charge in [0.25, 0.3) is 0 Å². The fourth-order valence-electron chi connectivity index (χ4n) is 5.89. The molecule has 0 spiro atoms. The Labute approximate surface area is 202 Å². The molecule has 2 unspecified atom stereocenters. The zero-order valence-corrected chi connectivity index (χ0v) is 20.8. The topological polar surface area (TPSA) is 55.7 Å². The second-order valence-corrected chi connectivity index (χ2v) is 11.8. The monoisotopic (exact) mass is 455 g/mol. The van der Waals surface area contributed by atoms with E-state index in [0.717, 1.165) is 41.1 Å². The minimum absolute atomic E-state index is 0.111.